The predicted molar refractivity (Wildman–Crippen MR) is 166 cm³/mol. The van der Waals surface area contributed by atoms with Crippen molar-refractivity contribution in [1.82, 2.24) is 0 Å². The third-order valence-corrected chi connectivity index (χ3v) is 8.66. The van der Waals surface area contributed by atoms with Crippen molar-refractivity contribution < 1.29 is 9.47 Å². The number of anilines is 2. The summed E-state index contributed by atoms with van der Waals surface area (Å²) < 4.78 is 13.5. The van der Waals surface area contributed by atoms with Crippen molar-refractivity contribution >= 4 is 11.4 Å². The number of rotatable bonds is 7. The van der Waals surface area contributed by atoms with E-state index in [9.17, 15) is 0 Å². The topological polar surface area (TPSA) is 70.5 Å². The Morgan fingerprint density at radius 1 is 0.675 bits per heavy atom. The highest BCUT2D eigenvalue weighted by Gasteiger charge is 2.50. The second-order valence-corrected chi connectivity index (χ2v) is 12.0. The zero-order valence-corrected chi connectivity index (χ0v) is 24.4. The van der Waals surface area contributed by atoms with Crippen molar-refractivity contribution in [3.8, 4) is 23.0 Å². The van der Waals surface area contributed by atoms with Crippen molar-refractivity contribution in [2.45, 2.75) is 59.3 Å². The van der Waals surface area contributed by atoms with Gasteiger partial charge in [-0.15, -0.1) is 0 Å². The molecule has 0 saturated heterocycles. The first-order chi connectivity index (χ1) is 19.2. The van der Waals surface area contributed by atoms with Crippen LogP contribution in [0.2, 0.25) is 0 Å². The molecule has 4 heteroatoms. The molecule has 0 spiro atoms. The minimum atomic E-state index is -0.309. The van der Waals surface area contributed by atoms with Gasteiger partial charge in [-0.25, -0.2) is 0 Å². The molecule has 0 aromatic heterocycles. The van der Waals surface area contributed by atoms with E-state index in [0.717, 1.165) is 58.3 Å². The fourth-order valence-electron chi connectivity index (χ4n) is 6.77. The highest BCUT2D eigenvalue weighted by Crippen LogP contribution is 2.58. The fourth-order valence-corrected chi connectivity index (χ4v) is 6.77. The third kappa shape index (κ3) is 5.28. The first-order valence-electron chi connectivity index (χ1n) is 14.5. The lowest BCUT2D eigenvalue weighted by Crippen LogP contribution is -2.44. The second-order valence-electron chi connectivity index (χ2n) is 12.0. The average Bonchev–Trinajstić information content (AvgIpc) is 2.93. The maximum absolute atomic E-state index is 6.75. The predicted octanol–water partition coefficient (Wildman–Crippen LogP) is 9.43. The average molecular weight is 535 g/mol. The van der Waals surface area contributed by atoms with Crippen LogP contribution >= 0.6 is 0 Å². The zero-order valence-electron chi connectivity index (χ0n) is 24.4. The molecule has 4 aromatic carbocycles. The molecule has 0 aliphatic heterocycles. The largest absolute Gasteiger partial charge is 0.457 e. The molecule has 1 aliphatic rings. The summed E-state index contributed by atoms with van der Waals surface area (Å²) in [5.74, 6) is 4.82. The highest BCUT2D eigenvalue weighted by molar-refractivity contribution is 5.59. The zero-order chi connectivity index (χ0) is 28.4. The van der Waals surface area contributed by atoms with E-state index in [4.69, 9.17) is 20.9 Å². The summed E-state index contributed by atoms with van der Waals surface area (Å²) in [6.45, 7) is 11.4. The van der Waals surface area contributed by atoms with Crippen LogP contribution in [-0.2, 0) is 5.41 Å². The minimum Gasteiger partial charge on any atom is -0.457 e. The number of nitrogens with two attached hydrogens (primary N) is 2. The van der Waals surface area contributed by atoms with E-state index < -0.39 is 0 Å². The number of hydrogen-bond donors (Lipinski definition) is 2. The molecular formula is C36H42N2O2. The van der Waals surface area contributed by atoms with Gasteiger partial charge in [0.2, 0.25) is 0 Å². The van der Waals surface area contributed by atoms with Gasteiger partial charge in [-0.2, -0.15) is 0 Å². The molecule has 4 N–H and O–H groups in total. The Hall–Kier alpha value is -3.92. The van der Waals surface area contributed by atoms with Crippen LogP contribution in [0.5, 0.6) is 23.0 Å². The van der Waals surface area contributed by atoms with E-state index in [-0.39, 0.29) is 5.41 Å². The Bertz CT molecular complexity index is 1360. The molecule has 208 valence electrons. The normalized spacial score (nSPS) is 18.4. The van der Waals surface area contributed by atoms with Crippen molar-refractivity contribution in [3.05, 3.63) is 107 Å². The molecule has 1 fully saturated rings. The first-order valence-corrected chi connectivity index (χ1v) is 14.5. The summed E-state index contributed by atoms with van der Waals surface area (Å²) in [7, 11) is 0. The number of ether oxygens (including phenoxy) is 2. The molecule has 4 nitrogen and oxygen atoms in total. The summed E-state index contributed by atoms with van der Waals surface area (Å²) in [5, 5.41) is 0. The SMILES string of the molecule is Cc1cccc(C2(c3cccc(C)c3Oc3ccc(N)cc3)CC(C)CCC2C(C)C)c1Oc1ccc(N)cc1. The van der Waals surface area contributed by atoms with Crippen LogP contribution in [0.4, 0.5) is 11.4 Å². The van der Waals surface area contributed by atoms with Gasteiger partial charge >= 0.3 is 0 Å². The molecule has 4 aromatic rings. The van der Waals surface area contributed by atoms with Crippen LogP contribution < -0.4 is 20.9 Å². The number of aryl methyl sites for hydroxylation is 2. The quantitative estimate of drug-likeness (QED) is 0.232. The summed E-state index contributed by atoms with van der Waals surface area (Å²) in [4.78, 5) is 0. The van der Waals surface area contributed by atoms with Gasteiger partial charge < -0.3 is 20.9 Å². The van der Waals surface area contributed by atoms with E-state index in [1.807, 2.05) is 48.5 Å². The van der Waals surface area contributed by atoms with Crippen LogP contribution in [0.15, 0.2) is 84.9 Å². The van der Waals surface area contributed by atoms with Gasteiger partial charge in [0, 0.05) is 27.9 Å². The van der Waals surface area contributed by atoms with E-state index in [0.29, 0.717) is 17.8 Å². The van der Waals surface area contributed by atoms with E-state index in [1.165, 1.54) is 17.5 Å². The van der Waals surface area contributed by atoms with Gasteiger partial charge in [-0.05, 0) is 104 Å². The molecule has 0 radical (unpaired) electrons. The third-order valence-electron chi connectivity index (χ3n) is 8.66. The van der Waals surface area contributed by atoms with Crippen LogP contribution in [-0.4, -0.2) is 0 Å². The fraction of sp³-hybridized carbons (Fsp3) is 0.333. The van der Waals surface area contributed by atoms with Crippen molar-refractivity contribution in [2.75, 3.05) is 11.5 Å². The second kappa shape index (κ2) is 11.3. The maximum Gasteiger partial charge on any atom is 0.134 e. The van der Waals surface area contributed by atoms with Crippen LogP contribution in [0.3, 0.4) is 0 Å². The molecule has 2 atom stereocenters. The van der Waals surface area contributed by atoms with Crippen LogP contribution in [0, 0.1) is 31.6 Å². The molecular weight excluding hydrogens is 492 g/mol. The summed E-state index contributed by atoms with van der Waals surface area (Å²) >= 11 is 0. The summed E-state index contributed by atoms with van der Waals surface area (Å²) in [6.07, 6.45) is 3.37. The van der Waals surface area contributed by atoms with Gasteiger partial charge in [-0.1, -0.05) is 63.6 Å². The Balaban J connectivity index is 1.77. The molecule has 5 rings (SSSR count). The lowest BCUT2D eigenvalue weighted by Gasteiger charge is -2.50. The highest BCUT2D eigenvalue weighted by atomic mass is 16.5. The number of benzene rings is 4. The lowest BCUT2D eigenvalue weighted by molar-refractivity contribution is 0.131. The molecule has 1 saturated carbocycles. The van der Waals surface area contributed by atoms with Crippen LogP contribution in [0.1, 0.15) is 62.3 Å². The molecule has 2 unspecified atom stereocenters. The minimum absolute atomic E-state index is 0.309. The van der Waals surface area contributed by atoms with Gasteiger partial charge in [0.25, 0.3) is 0 Å². The molecule has 0 bridgehead atoms. The molecule has 1 aliphatic carbocycles. The van der Waals surface area contributed by atoms with Crippen LogP contribution in [0.25, 0.3) is 0 Å². The Labute approximate surface area is 239 Å². The van der Waals surface area contributed by atoms with Crippen molar-refractivity contribution in [3.63, 3.8) is 0 Å². The number of nitrogen functional groups attached to an aromatic ring is 2. The lowest BCUT2D eigenvalue weighted by atomic mass is 9.53. The molecule has 40 heavy (non-hydrogen) atoms. The smallest absolute Gasteiger partial charge is 0.134 e. The number of para-hydroxylation sites is 2. The van der Waals surface area contributed by atoms with Crippen molar-refractivity contribution in [1.29, 1.82) is 0 Å². The summed E-state index contributed by atoms with van der Waals surface area (Å²) in [6, 6.07) is 28.6. The van der Waals surface area contributed by atoms with Gasteiger partial charge in [-0.3, -0.25) is 0 Å². The van der Waals surface area contributed by atoms with Gasteiger partial charge in [0.15, 0.2) is 0 Å². The van der Waals surface area contributed by atoms with E-state index >= 15 is 0 Å². The maximum atomic E-state index is 6.75. The molecule has 0 heterocycles. The Kier molecular flexibility index (Phi) is 7.80. The monoisotopic (exact) mass is 534 g/mol. The number of hydrogen-bond acceptors (Lipinski definition) is 4. The van der Waals surface area contributed by atoms with Gasteiger partial charge in [0.1, 0.15) is 23.0 Å². The standard InChI is InChI=1S/C36H42N2O2/c1-23(2)31-21-12-24(3)22-36(31,32-10-6-8-25(4)34(32)39-29-17-13-27(37)14-18-29)33-11-7-9-26(5)35(33)40-30-19-15-28(38)16-20-30/h6-11,13-20,23-24,31H,12,21-22,37-38H2,1-5H3. The van der Waals surface area contributed by atoms with Crippen molar-refractivity contribution in [2.24, 2.45) is 17.8 Å². The Morgan fingerprint density at radius 3 is 1.55 bits per heavy atom. The van der Waals surface area contributed by atoms with E-state index in [2.05, 4.69) is 71.0 Å². The van der Waals surface area contributed by atoms with Gasteiger partial charge in [0.05, 0.1) is 0 Å². The first kappa shape index (κ1) is 27.6. The molecule has 0 amide bonds. The van der Waals surface area contributed by atoms with E-state index in [1.54, 1.807) is 0 Å². The Morgan fingerprint density at radius 2 is 1.12 bits per heavy atom. The summed E-state index contributed by atoms with van der Waals surface area (Å²) in [5.41, 5.74) is 17.8.